The van der Waals surface area contributed by atoms with Gasteiger partial charge in [0.2, 0.25) is 6.79 Å². The van der Waals surface area contributed by atoms with Gasteiger partial charge in [-0.15, -0.1) is 0 Å². The molecule has 0 fully saturated rings. The minimum atomic E-state index is -1.17. The van der Waals surface area contributed by atoms with Crippen molar-refractivity contribution >= 4 is 11.7 Å². The van der Waals surface area contributed by atoms with Gasteiger partial charge < -0.3 is 24.7 Å². The molecule has 5 heteroatoms. The van der Waals surface area contributed by atoms with Gasteiger partial charge in [0, 0.05) is 12.2 Å². The molecule has 0 bridgehead atoms. The molecule has 0 radical (unpaired) electrons. The van der Waals surface area contributed by atoms with Crippen LogP contribution in [0, 0.1) is 0 Å². The van der Waals surface area contributed by atoms with E-state index < -0.39 is 5.97 Å². The lowest BCUT2D eigenvalue weighted by Gasteiger charge is -2.08. The maximum Gasteiger partial charge on any atom is 0.231 e. The average Bonchev–Trinajstić information content (AvgIpc) is 2.93. The van der Waals surface area contributed by atoms with Crippen LogP contribution in [0.15, 0.2) is 42.5 Å². The van der Waals surface area contributed by atoms with Gasteiger partial charge in [0.15, 0.2) is 11.5 Å². The number of carbonyl (C=O) groups is 1. The van der Waals surface area contributed by atoms with E-state index in [2.05, 4.69) is 5.32 Å². The zero-order valence-corrected chi connectivity index (χ0v) is 10.6. The molecule has 0 saturated heterocycles. The molecule has 0 amide bonds. The van der Waals surface area contributed by atoms with E-state index in [4.69, 9.17) is 9.47 Å². The van der Waals surface area contributed by atoms with E-state index in [-0.39, 0.29) is 12.4 Å². The number of nitrogens with one attached hydrogen (secondary N) is 1. The summed E-state index contributed by atoms with van der Waals surface area (Å²) >= 11 is 0. The standard InChI is InChI=1S/C15H13NO4/c17-15(18)11-2-4-12(5-3-11)16-8-10-1-6-13-14(7-10)20-9-19-13/h1-7,16H,8-9H2,(H,17,18)/p-1. The highest BCUT2D eigenvalue weighted by molar-refractivity contribution is 5.86. The quantitative estimate of drug-likeness (QED) is 0.909. The van der Waals surface area contributed by atoms with Crippen LogP contribution >= 0.6 is 0 Å². The summed E-state index contributed by atoms with van der Waals surface area (Å²) in [6.07, 6.45) is 0. The Morgan fingerprint density at radius 1 is 1.10 bits per heavy atom. The van der Waals surface area contributed by atoms with E-state index in [1.54, 1.807) is 12.1 Å². The van der Waals surface area contributed by atoms with Crippen molar-refractivity contribution in [1.82, 2.24) is 0 Å². The van der Waals surface area contributed by atoms with Gasteiger partial charge >= 0.3 is 0 Å². The van der Waals surface area contributed by atoms with Crippen molar-refractivity contribution in [3.8, 4) is 11.5 Å². The minimum Gasteiger partial charge on any atom is -0.545 e. The molecule has 0 saturated carbocycles. The van der Waals surface area contributed by atoms with Crippen LogP contribution in [0.2, 0.25) is 0 Å². The number of hydrogen-bond donors (Lipinski definition) is 1. The van der Waals surface area contributed by atoms with E-state index in [9.17, 15) is 9.90 Å². The van der Waals surface area contributed by atoms with Crippen LogP contribution in [-0.4, -0.2) is 12.8 Å². The van der Waals surface area contributed by atoms with Crippen molar-refractivity contribution in [3.05, 3.63) is 53.6 Å². The average molecular weight is 270 g/mol. The summed E-state index contributed by atoms with van der Waals surface area (Å²) in [7, 11) is 0. The van der Waals surface area contributed by atoms with Crippen molar-refractivity contribution in [3.63, 3.8) is 0 Å². The van der Waals surface area contributed by atoms with E-state index >= 15 is 0 Å². The van der Waals surface area contributed by atoms with E-state index in [1.807, 2.05) is 18.2 Å². The molecule has 1 heterocycles. The van der Waals surface area contributed by atoms with E-state index in [1.165, 1.54) is 12.1 Å². The molecular weight excluding hydrogens is 258 g/mol. The molecule has 5 nitrogen and oxygen atoms in total. The number of aromatic carboxylic acids is 1. The fourth-order valence-corrected chi connectivity index (χ4v) is 1.98. The molecule has 20 heavy (non-hydrogen) atoms. The van der Waals surface area contributed by atoms with Crippen LogP contribution in [0.4, 0.5) is 5.69 Å². The number of ether oxygens (including phenoxy) is 2. The highest BCUT2D eigenvalue weighted by Gasteiger charge is 2.12. The van der Waals surface area contributed by atoms with Crippen LogP contribution < -0.4 is 19.9 Å². The summed E-state index contributed by atoms with van der Waals surface area (Å²) in [5, 5.41) is 13.9. The van der Waals surface area contributed by atoms with E-state index in [0.717, 1.165) is 22.7 Å². The van der Waals surface area contributed by atoms with Gasteiger partial charge in [-0.2, -0.15) is 0 Å². The first kappa shape index (κ1) is 12.3. The van der Waals surface area contributed by atoms with Crippen LogP contribution in [0.5, 0.6) is 11.5 Å². The Labute approximate surface area is 115 Å². The Hall–Kier alpha value is -2.69. The number of carbonyl (C=O) groups excluding carboxylic acids is 1. The van der Waals surface area contributed by atoms with Crippen molar-refractivity contribution in [2.45, 2.75) is 6.54 Å². The fourth-order valence-electron chi connectivity index (χ4n) is 1.98. The molecular formula is C15H12NO4-. The molecule has 2 aromatic rings. The fraction of sp³-hybridized carbons (Fsp3) is 0.133. The Morgan fingerprint density at radius 3 is 2.60 bits per heavy atom. The molecule has 1 aliphatic rings. The first-order chi connectivity index (χ1) is 9.72. The number of hydrogen-bond acceptors (Lipinski definition) is 5. The van der Waals surface area contributed by atoms with Crippen molar-refractivity contribution < 1.29 is 19.4 Å². The zero-order valence-electron chi connectivity index (χ0n) is 10.6. The third-order valence-corrected chi connectivity index (χ3v) is 3.05. The lowest BCUT2D eigenvalue weighted by molar-refractivity contribution is -0.255. The summed E-state index contributed by atoms with van der Waals surface area (Å²) in [6, 6.07) is 12.2. The predicted molar refractivity (Wildman–Crippen MR) is 70.7 cm³/mol. The molecule has 102 valence electrons. The number of anilines is 1. The number of carboxylic acids is 1. The summed E-state index contributed by atoms with van der Waals surface area (Å²) in [5.74, 6) is 0.330. The van der Waals surface area contributed by atoms with Gasteiger partial charge in [0.1, 0.15) is 0 Å². The molecule has 0 aromatic heterocycles. The topological polar surface area (TPSA) is 70.6 Å². The lowest BCUT2D eigenvalue weighted by Crippen LogP contribution is -2.21. The van der Waals surface area contributed by atoms with Gasteiger partial charge in [-0.3, -0.25) is 0 Å². The molecule has 2 aromatic carbocycles. The van der Waals surface area contributed by atoms with Crippen LogP contribution in [0.3, 0.4) is 0 Å². The van der Waals surface area contributed by atoms with Crippen molar-refractivity contribution in [2.24, 2.45) is 0 Å². The second-order valence-electron chi connectivity index (χ2n) is 4.41. The molecule has 0 unspecified atom stereocenters. The van der Waals surface area contributed by atoms with Crippen LogP contribution in [0.1, 0.15) is 15.9 Å². The predicted octanol–water partition coefficient (Wildman–Crippen LogP) is 1.39. The maximum absolute atomic E-state index is 10.6. The molecule has 0 atom stereocenters. The monoisotopic (exact) mass is 270 g/mol. The summed E-state index contributed by atoms with van der Waals surface area (Å²) < 4.78 is 10.6. The van der Waals surface area contributed by atoms with Crippen LogP contribution in [-0.2, 0) is 6.54 Å². The Kier molecular flexibility index (Phi) is 3.16. The molecule has 0 spiro atoms. The van der Waals surface area contributed by atoms with Crippen molar-refractivity contribution in [2.75, 3.05) is 12.1 Å². The third kappa shape index (κ3) is 2.51. The second kappa shape index (κ2) is 5.13. The van der Waals surface area contributed by atoms with Crippen LogP contribution in [0.25, 0.3) is 0 Å². The van der Waals surface area contributed by atoms with Gasteiger partial charge in [-0.05, 0) is 35.4 Å². The lowest BCUT2D eigenvalue weighted by atomic mass is 10.2. The number of carboxylic acid groups (broad SMARTS) is 1. The Balaban J connectivity index is 1.65. The molecule has 0 aliphatic carbocycles. The van der Waals surface area contributed by atoms with Crippen molar-refractivity contribution in [1.29, 1.82) is 0 Å². The minimum absolute atomic E-state index is 0.165. The SMILES string of the molecule is O=C([O-])c1ccc(NCc2ccc3c(c2)OCO3)cc1. The second-order valence-corrected chi connectivity index (χ2v) is 4.41. The highest BCUT2D eigenvalue weighted by atomic mass is 16.7. The van der Waals surface area contributed by atoms with Gasteiger partial charge in [-0.1, -0.05) is 18.2 Å². The normalized spacial score (nSPS) is 12.2. The summed E-state index contributed by atoms with van der Waals surface area (Å²) in [6.45, 7) is 0.873. The first-order valence-corrected chi connectivity index (χ1v) is 6.16. The van der Waals surface area contributed by atoms with Gasteiger partial charge in [-0.25, -0.2) is 0 Å². The van der Waals surface area contributed by atoms with E-state index in [0.29, 0.717) is 6.54 Å². The first-order valence-electron chi connectivity index (χ1n) is 6.16. The molecule has 1 aliphatic heterocycles. The summed E-state index contributed by atoms with van der Waals surface area (Å²) in [4.78, 5) is 10.6. The Bertz CT molecular complexity index is 637. The summed E-state index contributed by atoms with van der Waals surface area (Å²) in [5.41, 5.74) is 2.06. The number of fused-ring (bicyclic) bond motifs is 1. The highest BCUT2D eigenvalue weighted by Crippen LogP contribution is 2.32. The van der Waals surface area contributed by atoms with Gasteiger partial charge in [0.25, 0.3) is 0 Å². The maximum atomic E-state index is 10.6. The molecule has 3 rings (SSSR count). The largest absolute Gasteiger partial charge is 0.545 e. The smallest absolute Gasteiger partial charge is 0.231 e. The number of rotatable bonds is 4. The van der Waals surface area contributed by atoms with Gasteiger partial charge in [0.05, 0.1) is 5.97 Å². The number of benzene rings is 2. The zero-order chi connectivity index (χ0) is 13.9. The third-order valence-electron chi connectivity index (χ3n) is 3.05. The Morgan fingerprint density at radius 2 is 1.85 bits per heavy atom. The molecule has 1 N–H and O–H groups in total.